The Hall–Kier alpha value is -3.69. The molecule has 3 aromatic rings. The van der Waals surface area contributed by atoms with Crippen LogP contribution in [-0.4, -0.2) is 51.7 Å². The van der Waals surface area contributed by atoms with Crippen LogP contribution in [0.1, 0.15) is 106 Å². The quantitative estimate of drug-likeness (QED) is 0.0778. The fourth-order valence-electron chi connectivity index (χ4n) is 6.30. The molecule has 0 radical (unpaired) electrons. The highest BCUT2D eigenvalue weighted by atomic mass is 16.5. The second-order valence-electron chi connectivity index (χ2n) is 12.4. The summed E-state index contributed by atoms with van der Waals surface area (Å²) < 4.78 is 5.52. The molecule has 3 atom stereocenters. The summed E-state index contributed by atoms with van der Waals surface area (Å²) in [7, 11) is 1.45. The van der Waals surface area contributed by atoms with Crippen LogP contribution in [0.2, 0.25) is 0 Å². The minimum atomic E-state index is -1.65. The van der Waals surface area contributed by atoms with E-state index in [1.54, 1.807) is 36.7 Å². The second-order valence-corrected chi connectivity index (χ2v) is 12.4. The SMILES string of the molecule is CCCCCC(CCCCC)CC(=O)C(O)C(=O)CCc1cc(OC)c(O)c(C(c2ccnc(N)c2)C(CO)Cc2ccc[n-]2)c1. The van der Waals surface area contributed by atoms with Crippen LogP contribution in [0.25, 0.3) is 0 Å². The Kier molecular flexibility index (Phi) is 15.3. The van der Waals surface area contributed by atoms with Gasteiger partial charge in [0.2, 0.25) is 0 Å². The maximum Gasteiger partial charge on any atom is 0.170 e. The van der Waals surface area contributed by atoms with Crippen molar-refractivity contribution in [2.45, 2.75) is 103 Å². The van der Waals surface area contributed by atoms with Gasteiger partial charge in [-0.3, -0.25) is 9.59 Å². The molecule has 3 rings (SSSR count). The van der Waals surface area contributed by atoms with Crippen molar-refractivity contribution in [1.29, 1.82) is 0 Å². The van der Waals surface area contributed by atoms with Gasteiger partial charge in [0.05, 0.1) is 7.11 Å². The van der Waals surface area contributed by atoms with Crippen molar-refractivity contribution in [3.63, 3.8) is 0 Å². The number of hydrogen-bond donors (Lipinski definition) is 4. The lowest BCUT2D eigenvalue weighted by molar-refractivity contribution is -0.139. The number of nitrogens with two attached hydrogens (primary N) is 1. The molecule has 0 saturated heterocycles. The van der Waals surface area contributed by atoms with Crippen LogP contribution < -0.4 is 15.5 Å². The summed E-state index contributed by atoms with van der Waals surface area (Å²) in [5, 5.41) is 32.6. The Labute approximate surface area is 273 Å². The van der Waals surface area contributed by atoms with Gasteiger partial charge < -0.3 is 30.8 Å². The average molecular weight is 635 g/mol. The van der Waals surface area contributed by atoms with E-state index in [1.807, 2.05) is 12.1 Å². The van der Waals surface area contributed by atoms with Gasteiger partial charge in [0.25, 0.3) is 0 Å². The van der Waals surface area contributed by atoms with Crippen molar-refractivity contribution in [3.8, 4) is 11.5 Å². The van der Waals surface area contributed by atoms with Gasteiger partial charge in [0.1, 0.15) is 5.82 Å². The molecule has 9 heteroatoms. The van der Waals surface area contributed by atoms with Crippen molar-refractivity contribution in [1.82, 2.24) is 9.97 Å². The average Bonchev–Trinajstić information content (AvgIpc) is 3.57. The molecule has 0 aliphatic heterocycles. The van der Waals surface area contributed by atoms with Gasteiger partial charge in [-0.25, -0.2) is 4.98 Å². The number of anilines is 1. The number of rotatable bonds is 22. The molecule has 0 bridgehead atoms. The minimum absolute atomic E-state index is 0.0512. The van der Waals surface area contributed by atoms with E-state index >= 15 is 0 Å². The van der Waals surface area contributed by atoms with Crippen LogP contribution in [0.15, 0.2) is 48.8 Å². The Balaban J connectivity index is 1.82. The third kappa shape index (κ3) is 10.7. The number of unbranched alkanes of at least 4 members (excludes halogenated alkanes) is 4. The summed E-state index contributed by atoms with van der Waals surface area (Å²) in [4.78, 5) is 34.6. The molecule has 9 nitrogen and oxygen atoms in total. The summed E-state index contributed by atoms with van der Waals surface area (Å²) in [6.45, 7) is 4.10. The first-order valence-corrected chi connectivity index (χ1v) is 16.7. The van der Waals surface area contributed by atoms with E-state index in [-0.39, 0.29) is 49.2 Å². The number of nitrogen functional groups attached to an aromatic ring is 1. The molecule has 252 valence electrons. The molecular weight excluding hydrogens is 582 g/mol. The zero-order valence-electron chi connectivity index (χ0n) is 27.7. The lowest BCUT2D eigenvalue weighted by Crippen LogP contribution is -2.31. The molecule has 46 heavy (non-hydrogen) atoms. The van der Waals surface area contributed by atoms with Crippen LogP contribution in [0.3, 0.4) is 0 Å². The first-order chi connectivity index (χ1) is 22.2. The van der Waals surface area contributed by atoms with Crippen molar-refractivity contribution in [2.75, 3.05) is 19.5 Å². The molecular formula is C37H52N3O6-. The number of benzene rings is 1. The summed E-state index contributed by atoms with van der Waals surface area (Å²) in [5.41, 5.74) is 8.77. The largest absolute Gasteiger partial charge is 0.668 e. The van der Waals surface area contributed by atoms with Crippen molar-refractivity contribution in [2.24, 2.45) is 11.8 Å². The predicted molar refractivity (Wildman–Crippen MR) is 180 cm³/mol. The van der Waals surface area contributed by atoms with E-state index in [4.69, 9.17) is 10.5 Å². The molecule has 0 amide bonds. The van der Waals surface area contributed by atoms with E-state index in [0.29, 0.717) is 23.4 Å². The van der Waals surface area contributed by atoms with E-state index in [2.05, 4.69) is 23.8 Å². The van der Waals surface area contributed by atoms with Gasteiger partial charge in [-0.1, -0.05) is 83.4 Å². The standard InChI is InChI=1S/C37H52N3O6/c1-4-6-8-11-25(12-9-7-5-2)20-32(43)37(45)31(42)15-14-26-19-30(36(44)33(21-26)46-3)35(27-16-18-40-34(38)23-27)28(24-41)22-29-13-10-17-39-29/h10,13,16-19,21,23,25,28,35,37,41,44-45H,4-9,11-12,14-15,20,22,24H2,1-3H3,(H2,38,40)/q-1. The zero-order chi connectivity index (χ0) is 33.5. The monoisotopic (exact) mass is 634 g/mol. The van der Waals surface area contributed by atoms with Gasteiger partial charge in [0, 0.05) is 37.1 Å². The number of aromatic nitrogens is 2. The molecule has 2 aromatic heterocycles. The van der Waals surface area contributed by atoms with Crippen LogP contribution in [0.4, 0.5) is 5.82 Å². The van der Waals surface area contributed by atoms with Gasteiger partial charge >= 0.3 is 0 Å². The number of aryl methyl sites for hydroxylation is 1. The molecule has 3 unspecified atom stereocenters. The minimum Gasteiger partial charge on any atom is -0.668 e. The maximum absolute atomic E-state index is 13.1. The van der Waals surface area contributed by atoms with Crippen LogP contribution in [0.5, 0.6) is 11.5 Å². The molecule has 0 fully saturated rings. The van der Waals surface area contributed by atoms with Crippen LogP contribution in [-0.2, 0) is 22.4 Å². The van der Waals surface area contributed by atoms with Gasteiger partial charge in [-0.2, -0.15) is 11.9 Å². The smallest absolute Gasteiger partial charge is 0.170 e. The zero-order valence-corrected chi connectivity index (χ0v) is 27.7. The highest BCUT2D eigenvalue weighted by molar-refractivity contribution is 6.05. The van der Waals surface area contributed by atoms with Crippen LogP contribution >= 0.6 is 0 Å². The third-order valence-electron chi connectivity index (χ3n) is 8.87. The van der Waals surface area contributed by atoms with Gasteiger partial charge in [0.15, 0.2) is 29.2 Å². The number of pyridine rings is 1. The number of carbonyl (C=O) groups excluding carboxylic acids is 2. The number of phenolic OH excluding ortho intramolecular Hbond substituents is 1. The molecule has 0 aliphatic carbocycles. The number of aromatic hydroxyl groups is 1. The Bertz CT molecular complexity index is 1350. The van der Waals surface area contributed by atoms with Crippen molar-refractivity contribution in [3.05, 3.63) is 71.2 Å². The molecule has 1 aromatic carbocycles. The van der Waals surface area contributed by atoms with E-state index < -0.39 is 23.6 Å². The molecule has 5 N–H and O–H groups in total. The second kappa shape index (κ2) is 19.1. The highest BCUT2D eigenvalue weighted by Crippen LogP contribution is 2.43. The number of phenols is 1. The molecule has 0 spiro atoms. The number of Topliss-reactive ketones (excluding diaryl/α,β-unsaturated/α-hetero) is 2. The normalized spacial score (nSPS) is 13.4. The van der Waals surface area contributed by atoms with Gasteiger partial charge in [-0.05, 0) is 54.0 Å². The molecule has 0 aliphatic rings. The maximum atomic E-state index is 13.1. The Morgan fingerprint density at radius 2 is 1.74 bits per heavy atom. The first-order valence-electron chi connectivity index (χ1n) is 16.7. The summed E-state index contributed by atoms with van der Waals surface area (Å²) >= 11 is 0. The lowest BCUT2D eigenvalue weighted by atomic mass is 9.78. The highest BCUT2D eigenvalue weighted by Gasteiger charge is 2.30. The number of nitrogens with zero attached hydrogens (tertiary/aromatic N) is 2. The van der Waals surface area contributed by atoms with Crippen LogP contribution in [0, 0.1) is 11.8 Å². The molecule has 0 saturated carbocycles. The van der Waals surface area contributed by atoms with Gasteiger partial charge in [-0.15, -0.1) is 0 Å². The number of hydrogen-bond acceptors (Lipinski definition) is 8. The Morgan fingerprint density at radius 3 is 2.33 bits per heavy atom. The number of methoxy groups -OCH3 is 1. The number of carbonyl (C=O) groups is 2. The number of aliphatic hydroxyl groups is 2. The third-order valence-corrected chi connectivity index (χ3v) is 8.87. The fraction of sp³-hybridized carbons (Fsp3) is 0.541. The van der Waals surface area contributed by atoms with E-state index in [0.717, 1.165) is 62.6 Å². The topological polar surface area (TPSA) is 157 Å². The summed E-state index contributed by atoms with van der Waals surface area (Å²) in [5.74, 6) is -1.21. The molecule has 2 heterocycles. The van der Waals surface area contributed by atoms with E-state index in [1.165, 1.54) is 7.11 Å². The fourth-order valence-corrected chi connectivity index (χ4v) is 6.30. The van der Waals surface area contributed by atoms with E-state index in [9.17, 15) is 24.9 Å². The number of ketones is 2. The lowest BCUT2D eigenvalue weighted by Gasteiger charge is -2.29. The summed E-state index contributed by atoms with van der Waals surface area (Å²) in [6.07, 6.45) is 10.8. The Morgan fingerprint density at radius 1 is 1.02 bits per heavy atom. The predicted octanol–water partition coefficient (Wildman–Crippen LogP) is 5.92. The first kappa shape index (κ1) is 36.8. The van der Waals surface area contributed by atoms with Crippen molar-refractivity contribution < 1.29 is 29.6 Å². The number of aliphatic hydroxyl groups excluding tert-OH is 2. The van der Waals surface area contributed by atoms with Crippen molar-refractivity contribution >= 4 is 17.4 Å². The summed E-state index contributed by atoms with van der Waals surface area (Å²) in [6, 6.07) is 10.7. The number of ether oxygens (including phenoxy) is 1.